The number of H-pyrrole nitrogens is 1. The summed E-state index contributed by atoms with van der Waals surface area (Å²) in [6.45, 7) is 0.181. The van der Waals surface area contributed by atoms with Crippen molar-refractivity contribution in [2.75, 3.05) is 7.05 Å². The SMILES string of the molecule is CNS(=O)(=O)c1ccc(CNC(=O)c2cc3c(F)cccc3[nH]2)s1. The predicted molar refractivity (Wildman–Crippen MR) is 90.0 cm³/mol. The van der Waals surface area contributed by atoms with E-state index < -0.39 is 21.7 Å². The molecule has 0 fully saturated rings. The first-order valence-electron chi connectivity index (χ1n) is 6.98. The Balaban J connectivity index is 1.72. The van der Waals surface area contributed by atoms with Crippen molar-refractivity contribution < 1.29 is 17.6 Å². The predicted octanol–water partition coefficient (Wildman–Crippen LogP) is 2.21. The second kappa shape index (κ2) is 6.34. The maximum Gasteiger partial charge on any atom is 0.268 e. The van der Waals surface area contributed by atoms with Crippen LogP contribution in [0.1, 0.15) is 15.4 Å². The topological polar surface area (TPSA) is 91.1 Å². The van der Waals surface area contributed by atoms with Crippen molar-refractivity contribution >= 4 is 38.2 Å². The third-order valence-electron chi connectivity index (χ3n) is 3.45. The molecule has 0 unspecified atom stereocenters. The quantitative estimate of drug-likeness (QED) is 0.646. The molecule has 0 aliphatic carbocycles. The van der Waals surface area contributed by atoms with Crippen molar-refractivity contribution in [3.63, 3.8) is 0 Å². The maximum atomic E-state index is 13.6. The first-order valence-corrected chi connectivity index (χ1v) is 9.28. The average Bonchev–Trinajstić information content (AvgIpc) is 3.20. The van der Waals surface area contributed by atoms with Crippen LogP contribution in [0.2, 0.25) is 0 Å². The molecule has 3 rings (SSSR count). The van der Waals surface area contributed by atoms with Gasteiger partial charge in [0.05, 0.1) is 6.54 Å². The first kappa shape index (κ1) is 16.6. The number of halogens is 1. The van der Waals surface area contributed by atoms with Gasteiger partial charge in [-0.05, 0) is 37.4 Å². The van der Waals surface area contributed by atoms with E-state index in [1.807, 2.05) is 0 Å². The van der Waals surface area contributed by atoms with Crippen LogP contribution in [0.3, 0.4) is 0 Å². The highest BCUT2D eigenvalue weighted by molar-refractivity contribution is 7.91. The zero-order valence-electron chi connectivity index (χ0n) is 12.6. The number of sulfonamides is 1. The number of hydrogen-bond donors (Lipinski definition) is 3. The summed E-state index contributed by atoms with van der Waals surface area (Å²) in [7, 11) is -2.14. The summed E-state index contributed by atoms with van der Waals surface area (Å²) in [4.78, 5) is 15.7. The fourth-order valence-electron chi connectivity index (χ4n) is 2.20. The van der Waals surface area contributed by atoms with Crippen LogP contribution in [-0.4, -0.2) is 26.4 Å². The smallest absolute Gasteiger partial charge is 0.268 e. The number of benzene rings is 1. The molecule has 0 atom stereocenters. The van der Waals surface area contributed by atoms with Gasteiger partial charge in [-0.1, -0.05) is 6.07 Å². The summed E-state index contributed by atoms with van der Waals surface area (Å²) in [5.74, 6) is -0.792. The number of fused-ring (bicyclic) bond motifs is 1. The van der Waals surface area contributed by atoms with Crippen LogP contribution >= 0.6 is 11.3 Å². The Kier molecular flexibility index (Phi) is 4.39. The molecule has 0 spiro atoms. The minimum atomic E-state index is -3.48. The van der Waals surface area contributed by atoms with Crippen LogP contribution in [0.15, 0.2) is 40.6 Å². The average molecular weight is 367 g/mol. The normalized spacial score (nSPS) is 11.8. The Bertz CT molecular complexity index is 1010. The van der Waals surface area contributed by atoms with Crippen molar-refractivity contribution in [1.82, 2.24) is 15.0 Å². The first-order chi connectivity index (χ1) is 11.4. The third-order valence-corrected chi connectivity index (χ3v) is 6.44. The van der Waals surface area contributed by atoms with Gasteiger partial charge in [-0.3, -0.25) is 4.79 Å². The second-order valence-corrected chi connectivity index (χ2v) is 8.28. The van der Waals surface area contributed by atoms with Crippen LogP contribution < -0.4 is 10.0 Å². The second-order valence-electron chi connectivity index (χ2n) is 5.00. The van der Waals surface area contributed by atoms with E-state index in [0.717, 1.165) is 11.3 Å². The van der Waals surface area contributed by atoms with Crippen LogP contribution in [0.5, 0.6) is 0 Å². The summed E-state index contributed by atoms with van der Waals surface area (Å²) < 4.78 is 39.4. The number of hydrogen-bond acceptors (Lipinski definition) is 4. The number of aromatic nitrogens is 1. The highest BCUT2D eigenvalue weighted by Crippen LogP contribution is 2.22. The Morgan fingerprint density at radius 2 is 2.08 bits per heavy atom. The van der Waals surface area contributed by atoms with Crippen LogP contribution in [0.4, 0.5) is 4.39 Å². The molecule has 0 aliphatic rings. The van der Waals surface area contributed by atoms with Gasteiger partial charge in [0.25, 0.3) is 5.91 Å². The van der Waals surface area contributed by atoms with E-state index in [-0.39, 0.29) is 16.4 Å². The van der Waals surface area contributed by atoms with Crippen LogP contribution in [-0.2, 0) is 16.6 Å². The Morgan fingerprint density at radius 3 is 2.79 bits per heavy atom. The van der Waals surface area contributed by atoms with Crippen LogP contribution in [0, 0.1) is 5.82 Å². The lowest BCUT2D eigenvalue weighted by Crippen LogP contribution is -2.22. The molecule has 0 radical (unpaired) electrons. The molecule has 0 saturated heterocycles. The fraction of sp³-hybridized carbons (Fsp3) is 0.133. The molecule has 3 N–H and O–H groups in total. The zero-order valence-corrected chi connectivity index (χ0v) is 14.2. The van der Waals surface area contributed by atoms with Crippen molar-refractivity contribution in [2.24, 2.45) is 0 Å². The number of amides is 1. The molecule has 0 aliphatic heterocycles. The molecule has 9 heteroatoms. The van der Waals surface area contributed by atoms with Gasteiger partial charge in [-0.15, -0.1) is 11.3 Å². The Morgan fingerprint density at radius 1 is 1.29 bits per heavy atom. The minimum absolute atomic E-state index is 0.181. The van der Waals surface area contributed by atoms with E-state index in [4.69, 9.17) is 0 Å². The van der Waals surface area contributed by atoms with E-state index in [9.17, 15) is 17.6 Å². The van der Waals surface area contributed by atoms with Gasteiger partial charge >= 0.3 is 0 Å². The van der Waals surface area contributed by atoms with E-state index in [1.165, 1.54) is 25.2 Å². The van der Waals surface area contributed by atoms with Crippen molar-refractivity contribution in [3.05, 3.63) is 52.8 Å². The minimum Gasteiger partial charge on any atom is -0.350 e. The molecular formula is C15H14FN3O3S2. The van der Waals surface area contributed by atoms with Gasteiger partial charge in [0.15, 0.2) is 0 Å². The number of carbonyl (C=O) groups excluding carboxylic acids is 1. The lowest BCUT2D eigenvalue weighted by Gasteiger charge is -2.01. The molecule has 0 saturated carbocycles. The van der Waals surface area contributed by atoms with Crippen molar-refractivity contribution in [2.45, 2.75) is 10.8 Å². The Labute approximate surface area is 141 Å². The summed E-state index contributed by atoms with van der Waals surface area (Å²) >= 11 is 1.07. The lowest BCUT2D eigenvalue weighted by molar-refractivity contribution is 0.0947. The molecule has 0 bridgehead atoms. The molecule has 24 heavy (non-hydrogen) atoms. The van der Waals surface area contributed by atoms with Gasteiger partial charge in [-0.2, -0.15) is 0 Å². The Hall–Kier alpha value is -2.23. The summed E-state index contributed by atoms with van der Waals surface area (Å²) in [5, 5.41) is 3.03. The highest BCUT2D eigenvalue weighted by atomic mass is 32.2. The molecule has 126 valence electrons. The van der Waals surface area contributed by atoms with Crippen LogP contribution in [0.25, 0.3) is 10.9 Å². The molecule has 3 aromatic rings. The van der Waals surface area contributed by atoms with Gasteiger partial charge in [0.2, 0.25) is 10.0 Å². The fourth-order valence-corrected chi connectivity index (χ4v) is 4.33. The van der Waals surface area contributed by atoms with Gasteiger partial charge in [0, 0.05) is 15.8 Å². The molecule has 2 aromatic heterocycles. The molecular weight excluding hydrogens is 353 g/mol. The maximum absolute atomic E-state index is 13.6. The highest BCUT2D eigenvalue weighted by Gasteiger charge is 2.15. The van der Waals surface area contributed by atoms with E-state index in [1.54, 1.807) is 18.2 Å². The number of aromatic amines is 1. The molecule has 1 amide bonds. The van der Waals surface area contributed by atoms with Gasteiger partial charge in [0.1, 0.15) is 15.7 Å². The van der Waals surface area contributed by atoms with Gasteiger partial charge in [-0.25, -0.2) is 17.5 Å². The lowest BCUT2D eigenvalue weighted by atomic mass is 10.2. The summed E-state index contributed by atoms with van der Waals surface area (Å²) in [6, 6.07) is 9.14. The van der Waals surface area contributed by atoms with E-state index in [0.29, 0.717) is 15.8 Å². The third kappa shape index (κ3) is 3.18. The molecule has 6 nitrogen and oxygen atoms in total. The monoisotopic (exact) mass is 367 g/mol. The number of carbonyl (C=O) groups is 1. The number of nitrogens with one attached hydrogen (secondary N) is 3. The van der Waals surface area contributed by atoms with Crippen molar-refractivity contribution in [1.29, 1.82) is 0 Å². The summed E-state index contributed by atoms with van der Waals surface area (Å²) in [5.41, 5.74) is 0.786. The standard InChI is InChI=1S/C15H14FN3O3S2/c1-17-24(21,22)14-6-5-9(23-14)8-18-15(20)13-7-10-11(16)3-2-4-12(10)19-13/h2-7,17,19H,8H2,1H3,(H,18,20). The largest absolute Gasteiger partial charge is 0.350 e. The molecule has 2 heterocycles. The zero-order chi connectivity index (χ0) is 17.3. The van der Waals surface area contributed by atoms with E-state index in [2.05, 4.69) is 15.0 Å². The van der Waals surface area contributed by atoms with Gasteiger partial charge < -0.3 is 10.3 Å². The van der Waals surface area contributed by atoms with Crippen molar-refractivity contribution in [3.8, 4) is 0 Å². The molecule has 1 aromatic carbocycles. The number of thiophene rings is 1. The van der Waals surface area contributed by atoms with E-state index >= 15 is 0 Å². The number of rotatable bonds is 5. The summed E-state index contributed by atoms with van der Waals surface area (Å²) in [6.07, 6.45) is 0.